The molecule has 3 aromatic heterocycles. The number of thiazole rings is 1. The van der Waals surface area contributed by atoms with Crippen LogP contribution in [0, 0.1) is 5.92 Å². The smallest absolute Gasteiger partial charge is 0.225 e. The minimum absolute atomic E-state index is 0.307. The van der Waals surface area contributed by atoms with Gasteiger partial charge in [0.2, 0.25) is 5.91 Å². The molecule has 7 nitrogen and oxygen atoms in total. The van der Waals surface area contributed by atoms with E-state index in [1.165, 1.54) is 16.3 Å². The maximum absolute atomic E-state index is 12.3. The number of carbonyl (C=O) groups is 1. The molecule has 0 bridgehead atoms. The normalized spacial score (nSPS) is 19.6. The van der Waals surface area contributed by atoms with E-state index in [4.69, 9.17) is 4.98 Å². The highest BCUT2D eigenvalue weighted by Gasteiger charge is 2.34. The summed E-state index contributed by atoms with van der Waals surface area (Å²) in [6, 6.07) is 4.30. The molecule has 29 heavy (non-hydrogen) atoms. The van der Waals surface area contributed by atoms with Crippen LogP contribution in [0.4, 0.5) is 5.69 Å². The second-order valence-corrected chi connectivity index (χ2v) is 9.26. The van der Waals surface area contributed by atoms with Gasteiger partial charge in [0.05, 0.1) is 16.9 Å². The van der Waals surface area contributed by atoms with Crippen LogP contribution in [0.1, 0.15) is 23.4 Å². The molecule has 1 amide bonds. The Morgan fingerprint density at radius 3 is 2.86 bits per heavy atom. The highest BCUT2D eigenvalue weighted by Crippen LogP contribution is 2.34. The first-order valence-electron chi connectivity index (χ1n) is 10.5. The van der Waals surface area contributed by atoms with Crippen LogP contribution in [0.2, 0.25) is 0 Å². The van der Waals surface area contributed by atoms with Crippen molar-refractivity contribution < 1.29 is 4.79 Å². The number of nitrogens with one attached hydrogen (secondary N) is 1. The van der Waals surface area contributed by atoms with Crippen molar-refractivity contribution in [3.05, 3.63) is 35.1 Å². The molecule has 6 rings (SSSR count). The Kier molecular flexibility index (Phi) is 4.09. The summed E-state index contributed by atoms with van der Waals surface area (Å²) in [7, 11) is 0. The van der Waals surface area contributed by atoms with E-state index in [0.717, 1.165) is 74.6 Å². The van der Waals surface area contributed by atoms with Crippen LogP contribution in [-0.4, -0.2) is 58.1 Å². The van der Waals surface area contributed by atoms with Gasteiger partial charge in [-0.25, -0.2) is 9.50 Å². The molecule has 1 saturated heterocycles. The molecule has 5 heterocycles. The minimum atomic E-state index is 0.307. The van der Waals surface area contributed by atoms with Crippen LogP contribution in [-0.2, 0) is 17.8 Å². The lowest BCUT2D eigenvalue weighted by atomic mass is 10.2. The highest BCUT2D eigenvalue weighted by atomic mass is 32.1. The topological polar surface area (TPSA) is 65.8 Å². The van der Waals surface area contributed by atoms with Gasteiger partial charge in [0.25, 0.3) is 0 Å². The molecule has 0 spiro atoms. The van der Waals surface area contributed by atoms with Crippen LogP contribution >= 0.6 is 11.3 Å². The standard InChI is InChI=1S/C21H24N6OS/c28-21(14-1-2-14)26-9-7-25(8-10-26)17-3-6-23-27-13-15(11-18(17)27)20-24-16-12-22-5-4-19(16)29-20/h3,6,11,13-14,22H,1-2,4-5,7-10,12H2. The van der Waals surface area contributed by atoms with E-state index >= 15 is 0 Å². The van der Waals surface area contributed by atoms with Crippen LogP contribution in [0.5, 0.6) is 0 Å². The summed E-state index contributed by atoms with van der Waals surface area (Å²) >= 11 is 1.81. The molecule has 0 unspecified atom stereocenters. The molecule has 0 radical (unpaired) electrons. The lowest BCUT2D eigenvalue weighted by molar-refractivity contribution is -0.132. The van der Waals surface area contributed by atoms with Gasteiger partial charge in [-0.1, -0.05) is 0 Å². The average molecular weight is 409 g/mol. The van der Waals surface area contributed by atoms with Crippen LogP contribution in [0.3, 0.4) is 0 Å². The minimum Gasteiger partial charge on any atom is -0.366 e. The molecule has 8 heteroatoms. The quantitative estimate of drug-likeness (QED) is 0.720. The van der Waals surface area contributed by atoms with Crippen molar-refractivity contribution in [2.24, 2.45) is 5.92 Å². The van der Waals surface area contributed by atoms with Gasteiger partial charge in [0.1, 0.15) is 5.01 Å². The van der Waals surface area contributed by atoms with E-state index in [1.807, 2.05) is 26.9 Å². The van der Waals surface area contributed by atoms with Crippen molar-refractivity contribution in [3.63, 3.8) is 0 Å². The number of amides is 1. The third kappa shape index (κ3) is 3.11. The number of fused-ring (bicyclic) bond motifs is 2. The zero-order chi connectivity index (χ0) is 19.4. The number of aromatic nitrogens is 3. The molecular weight excluding hydrogens is 384 g/mol. The number of rotatable bonds is 3. The number of piperazine rings is 1. The van der Waals surface area contributed by atoms with Crippen LogP contribution < -0.4 is 10.2 Å². The number of anilines is 1. The van der Waals surface area contributed by atoms with Gasteiger partial charge in [-0.15, -0.1) is 11.3 Å². The van der Waals surface area contributed by atoms with Gasteiger partial charge in [-0.3, -0.25) is 4.79 Å². The molecule has 0 aromatic carbocycles. The summed E-state index contributed by atoms with van der Waals surface area (Å²) in [6.45, 7) is 5.26. The van der Waals surface area contributed by atoms with Gasteiger partial charge in [-0.2, -0.15) is 5.10 Å². The van der Waals surface area contributed by atoms with Crippen molar-refractivity contribution in [3.8, 4) is 10.6 Å². The zero-order valence-electron chi connectivity index (χ0n) is 16.3. The predicted molar refractivity (Wildman–Crippen MR) is 113 cm³/mol. The first-order valence-corrected chi connectivity index (χ1v) is 11.3. The Morgan fingerprint density at radius 2 is 2.07 bits per heavy atom. The molecular formula is C21H24N6OS. The summed E-state index contributed by atoms with van der Waals surface area (Å²) in [5, 5.41) is 9.01. The second kappa shape index (κ2) is 6.81. The largest absolute Gasteiger partial charge is 0.366 e. The first-order chi connectivity index (χ1) is 14.3. The Morgan fingerprint density at radius 1 is 1.21 bits per heavy atom. The Balaban J connectivity index is 1.27. The van der Waals surface area contributed by atoms with Gasteiger partial charge < -0.3 is 15.1 Å². The molecule has 150 valence electrons. The summed E-state index contributed by atoms with van der Waals surface area (Å²) in [5.74, 6) is 0.665. The third-order valence-corrected chi connectivity index (χ3v) is 7.40. The maximum Gasteiger partial charge on any atom is 0.225 e. The summed E-state index contributed by atoms with van der Waals surface area (Å²) < 4.78 is 1.96. The number of hydrogen-bond acceptors (Lipinski definition) is 6. The van der Waals surface area contributed by atoms with Crippen LogP contribution in [0.25, 0.3) is 16.1 Å². The predicted octanol–water partition coefficient (Wildman–Crippen LogP) is 2.16. The fourth-order valence-corrected chi connectivity index (χ4v) is 5.45. The van der Waals surface area contributed by atoms with E-state index in [-0.39, 0.29) is 0 Å². The van der Waals surface area contributed by atoms with Crippen molar-refractivity contribution in [1.29, 1.82) is 0 Å². The van der Waals surface area contributed by atoms with Crippen LogP contribution in [0.15, 0.2) is 24.5 Å². The number of carbonyl (C=O) groups excluding carboxylic acids is 1. The van der Waals surface area contributed by atoms with E-state index < -0.39 is 0 Å². The lowest BCUT2D eigenvalue weighted by Gasteiger charge is -2.36. The van der Waals surface area contributed by atoms with Gasteiger partial charge in [-0.05, 0) is 31.4 Å². The van der Waals surface area contributed by atoms with Crippen molar-refractivity contribution in [2.75, 3.05) is 37.6 Å². The monoisotopic (exact) mass is 408 g/mol. The summed E-state index contributed by atoms with van der Waals surface area (Å²) in [5.41, 5.74) is 4.62. The molecule has 1 aliphatic carbocycles. The molecule has 0 atom stereocenters. The average Bonchev–Trinajstić information content (AvgIpc) is 3.36. The SMILES string of the molecule is O=C(C1CC1)N1CCN(c2ccnn3cc(-c4nc5c(s4)CCNC5)cc23)CC1. The van der Waals surface area contributed by atoms with E-state index in [1.54, 1.807) is 0 Å². The lowest BCUT2D eigenvalue weighted by Crippen LogP contribution is -2.49. The number of hydrogen-bond donors (Lipinski definition) is 1. The molecule has 1 N–H and O–H groups in total. The van der Waals surface area contributed by atoms with Gasteiger partial charge in [0.15, 0.2) is 0 Å². The maximum atomic E-state index is 12.3. The molecule has 1 saturated carbocycles. The Bertz CT molecular complexity index is 1050. The third-order valence-electron chi connectivity index (χ3n) is 6.19. The first kappa shape index (κ1) is 17.4. The van der Waals surface area contributed by atoms with Crippen molar-refractivity contribution in [1.82, 2.24) is 24.8 Å². The highest BCUT2D eigenvalue weighted by molar-refractivity contribution is 7.15. The van der Waals surface area contributed by atoms with Gasteiger partial charge in [0, 0.05) is 68.0 Å². The van der Waals surface area contributed by atoms with Gasteiger partial charge >= 0.3 is 0 Å². The summed E-state index contributed by atoms with van der Waals surface area (Å²) in [4.78, 5) is 23.0. The van der Waals surface area contributed by atoms with E-state index in [2.05, 4.69) is 33.6 Å². The van der Waals surface area contributed by atoms with E-state index in [9.17, 15) is 4.79 Å². The fraction of sp³-hybridized carbons (Fsp3) is 0.476. The molecule has 3 aliphatic rings. The Hall–Kier alpha value is -2.45. The van der Waals surface area contributed by atoms with Crippen molar-refractivity contribution >= 4 is 28.4 Å². The fourth-order valence-electron chi connectivity index (χ4n) is 4.39. The van der Waals surface area contributed by atoms with E-state index in [0.29, 0.717) is 11.8 Å². The van der Waals surface area contributed by atoms with Crippen molar-refractivity contribution in [2.45, 2.75) is 25.8 Å². The zero-order valence-corrected chi connectivity index (χ0v) is 17.1. The molecule has 2 fully saturated rings. The summed E-state index contributed by atoms with van der Waals surface area (Å²) in [6.07, 6.45) is 7.17. The molecule has 2 aliphatic heterocycles. The Labute approximate surface area is 173 Å². The number of nitrogens with zero attached hydrogens (tertiary/aromatic N) is 5. The second-order valence-electron chi connectivity index (χ2n) is 8.18. The molecule has 3 aromatic rings.